The molecule has 2 fully saturated rings. The Kier molecular flexibility index (Phi) is 7.93. The van der Waals surface area contributed by atoms with Gasteiger partial charge >= 0.3 is 0 Å². The summed E-state index contributed by atoms with van der Waals surface area (Å²) in [6, 6.07) is 5.26. The van der Waals surface area contributed by atoms with Crippen LogP contribution in [0.15, 0.2) is 18.2 Å². The molecular weight excluding hydrogens is 386 g/mol. The summed E-state index contributed by atoms with van der Waals surface area (Å²) in [6.45, 7) is 7.96. The minimum absolute atomic E-state index is 0.0589. The maximum atomic E-state index is 13.0. The van der Waals surface area contributed by atoms with Crippen molar-refractivity contribution in [2.75, 3.05) is 66.7 Å². The van der Waals surface area contributed by atoms with Gasteiger partial charge in [0.15, 0.2) is 0 Å². The quantitative estimate of drug-likeness (QED) is 0.636. The van der Waals surface area contributed by atoms with E-state index in [2.05, 4.69) is 4.90 Å². The monoisotopic (exact) mass is 419 g/mol. The number of methoxy groups -OCH3 is 2. The largest absolute Gasteiger partial charge is 0.497 e. The molecule has 1 unspecified atom stereocenters. The Morgan fingerprint density at radius 2 is 1.77 bits per heavy atom. The van der Waals surface area contributed by atoms with E-state index in [4.69, 9.17) is 14.2 Å². The van der Waals surface area contributed by atoms with Gasteiger partial charge in [-0.3, -0.25) is 14.5 Å². The van der Waals surface area contributed by atoms with Gasteiger partial charge in [0.2, 0.25) is 5.91 Å². The first-order chi connectivity index (χ1) is 14.5. The fourth-order valence-corrected chi connectivity index (χ4v) is 4.18. The number of rotatable bonds is 8. The summed E-state index contributed by atoms with van der Waals surface area (Å²) < 4.78 is 15.9. The summed E-state index contributed by atoms with van der Waals surface area (Å²) in [5.41, 5.74) is 0.536. The maximum Gasteiger partial charge on any atom is 0.254 e. The third kappa shape index (κ3) is 5.64. The van der Waals surface area contributed by atoms with E-state index in [1.165, 1.54) is 0 Å². The zero-order valence-electron chi connectivity index (χ0n) is 18.3. The van der Waals surface area contributed by atoms with Gasteiger partial charge in [0.1, 0.15) is 11.5 Å². The first kappa shape index (κ1) is 22.4. The van der Waals surface area contributed by atoms with Gasteiger partial charge in [0.25, 0.3) is 5.91 Å². The van der Waals surface area contributed by atoms with Crippen molar-refractivity contribution >= 4 is 11.8 Å². The molecule has 30 heavy (non-hydrogen) atoms. The van der Waals surface area contributed by atoms with Gasteiger partial charge in [-0.2, -0.15) is 0 Å². The fourth-order valence-electron chi connectivity index (χ4n) is 4.18. The number of benzene rings is 1. The molecular formula is C22H33N3O5. The van der Waals surface area contributed by atoms with Crippen LogP contribution in [0, 0.1) is 0 Å². The summed E-state index contributed by atoms with van der Waals surface area (Å²) in [5, 5.41) is 0. The number of likely N-dealkylation sites (tertiary alicyclic amines) is 1. The van der Waals surface area contributed by atoms with Crippen molar-refractivity contribution in [1.29, 1.82) is 0 Å². The molecule has 0 radical (unpaired) electrons. The lowest BCUT2D eigenvalue weighted by molar-refractivity contribution is -0.131. The first-order valence-corrected chi connectivity index (χ1v) is 10.6. The van der Waals surface area contributed by atoms with Crippen molar-refractivity contribution < 1.29 is 23.8 Å². The number of morpholine rings is 1. The maximum absolute atomic E-state index is 13.0. The summed E-state index contributed by atoms with van der Waals surface area (Å²) in [5.74, 6) is 1.18. The second kappa shape index (κ2) is 10.6. The Morgan fingerprint density at radius 1 is 1.10 bits per heavy atom. The molecule has 0 saturated carbocycles. The Labute approximate surface area is 178 Å². The lowest BCUT2D eigenvalue weighted by Gasteiger charge is -2.30. The minimum atomic E-state index is -0.0634. The van der Waals surface area contributed by atoms with Crippen molar-refractivity contribution in [3.63, 3.8) is 0 Å². The van der Waals surface area contributed by atoms with Crippen LogP contribution in [0.25, 0.3) is 0 Å². The van der Waals surface area contributed by atoms with Crippen LogP contribution in [0.2, 0.25) is 0 Å². The average Bonchev–Trinajstić information content (AvgIpc) is 3.25. The second-order valence-electron chi connectivity index (χ2n) is 7.81. The van der Waals surface area contributed by atoms with E-state index in [0.717, 1.165) is 45.7 Å². The van der Waals surface area contributed by atoms with E-state index in [-0.39, 0.29) is 17.9 Å². The predicted molar refractivity (Wildman–Crippen MR) is 113 cm³/mol. The van der Waals surface area contributed by atoms with Crippen LogP contribution in [0.1, 0.15) is 30.1 Å². The number of carbonyl (C=O) groups is 2. The van der Waals surface area contributed by atoms with Crippen LogP contribution >= 0.6 is 0 Å². The summed E-state index contributed by atoms with van der Waals surface area (Å²) in [6.07, 6.45) is 1.72. The fraction of sp³-hybridized carbons (Fsp3) is 0.636. The molecule has 2 heterocycles. The molecule has 1 aromatic rings. The van der Waals surface area contributed by atoms with E-state index in [9.17, 15) is 9.59 Å². The van der Waals surface area contributed by atoms with Crippen molar-refractivity contribution in [2.24, 2.45) is 0 Å². The highest BCUT2D eigenvalue weighted by Crippen LogP contribution is 2.25. The zero-order chi connectivity index (χ0) is 21.5. The van der Waals surface area contributed by atoms with Crippen molar-refractivity contribution in [3.05, 3.63) is 23.8 Å². The van der Waals surface area contributed by atoms with Crippen LogP contribution in [0.5, 0.6) is 11.5 Å². The third-order valence-corrected chi connectivity index (χ3v) is 5.87. The smallest absolute Gasteiger partial charge is 0.254 e. The molecule has 2 aliphatic heterocycles. The molecule has 8 nitrogen and oxygen atoms in total. The number of nitrogens with zero attached hydrogens (tertiary/aromatic N) is 3. The topological polar surface area (TPSA) is 71.6 Å². The van der Waals surface area contributed by atoms with Gasteiger partial charge < -0.3 is 24.0 Å². The molecule has 8 heteroatoms. The summed E-state index contributed by atoms with van der Waals surface area (Å²) in [7, 11) is 3.13. The molecule has 166 valence electrons. The SMILES string of the molecule is COc1cc(OC)cc(C(=O)N2CCC(N(CCCN3CCOCC3)C(C)=O)C2)c1. The highest BCUT2D eigenvalue weighted by atomic mass is 16.5. The first-order valence-electron chi connectivity index (χ1n) is 10.6. The average molecular weight is 420 g/mol. The molecule has 2 aliphatic rings. The van der Waals surface area contributed by atoms with Gasteiger partial charge in [-0.05, 0) is 25.0 Å². The van der Waals surface area contributed by atoms with E-state index >= 15 is 0 Å². The lowest BCUT2D eigenvalue weighted by Crippen LogP contribution is -2.43. The molecule has 0 N–H and O–H groups in total. The highest BCUT2D eigenvalue weighted by molar-refractivity contribution is 5.95. The Balaban J connectivity index is 1.57. The minimum Gasteiger partial charge on any atom is -0.497 e. The van der Waals surface area contributed by atoms with Crippen LogP contribution in [0.3, 0.4) is 0 Å². The zero-order valence-corrected chi connectivity index (χ0v) is 18.3. The van der Waals surface area contributed by atoms with Crippen LogP contribution < -0.4 is 9.47 Å². The number of hydrogen-bond donors (Lipinski definition) is 0. The molecule has 1 atom stereocenters. The lowest BCUT2D eigenvalue weighted by atomic mass is 10.1. The number of ether oxygens (including phenoxy) is 3. The summed E-state index contributed by atoms with van der Waals surface area (Å²) >= 11 is 0. The van der Waals surface area contributed by atoms with Gasteiger partial charge in [0, 0.05) is 57.8 Å². The molecule has 3 rings (SSSR count). The van der Waals surface area contributed by atoms with E-state index in [1.807, 2.05) is 9.80 Å². The van der Waals surface area contributed by atoms with Gasteiger partial charge in [-0.15, -0.1) is 0 Å². The molecule has 0 aromatic heterocycles. The van der Waals surface area contributed by atoms with Crippen molar-refractivity contribution in [3.8, 4) is 11.5 Å². The number of amides is 2. The van der Waals surface area contributed by atoms with E-state index < -0.39 is 0 Å². The molecule has 2 amide bonds. The molecule has 1 aromatic carbocycles. The van der Waals surface area contributed by atoms with Crippen molar-refractivity contribution in [2.45, 2.75) is 25.8 Å². The number of hydrogen-bond acceptors (Lipinski definition) is 6. The summed E-state index contributed by atoms with van der Waals surface area (Å²) in [4.78, 5) is 31.4. The molecule has 0 bridgehead atoms. The Morgan fingerprint density at radius 3 is 2.37 bits per heavy atom. The molecule has 2 saturated heterocycles. The molecule has 0 spiro atoms. The molecule has 0 aliphatic carbocycles. The van der Waals surface area contributed by atoms with Crippen LogP contribution in [0.4, 0.5) is 0 Å². The number of carbonyl (C=O) groups excluding carboxylic acids is 2. The predicted octanol–water partition coefficient (Wildman–Crippen LogP) is 1.49. The van der Waals surface area contributed by atoms with Gasteiger partial charge in [-0.1, -0.05) is 0 Å². The second-order valence-corrected chi connectivity index (χ2v) is 7.81. The van der Waals surface area contributed by atoms with Crippen LogP contribution in [-0.4, -0.2) is 99.3 Å². The standard InChI is InChI=1S/C22H33N3O5/c1-17(26)25(7-4-6-23-9-11-30-12-10-23)19-5-8-24(16-19)22(27)18-13-20(28-2)15-21(14-18)29-3/h13-15,19H,4-12,16H2,1-3H3. The van der Waals surface area contributed by atoms with E-state index in [1.54, 1.807) is 39.3 Å². The van der Waals surface area contributed by atoms with Crippen molar-refractivity contribution in [1.82, 2.24) is 14.7 Å². The highest BCUT2D eigenvalue weighted by Gasteiger charge is 2.32. The Hall–Kier alpha value is -2.32. The third-order valence-electron chi connectivity index (χ3n) is 5.87. The van der Waals surface area contributed by atoms with Gasteiger partial charge in [0.05, 0.1) is 33.5 Å². The van der Waals surface area contributed by atoms with Crippen LogP contribution in [-0.2, 0) is 9.53 Å². The normalized spacial score (nSPS) is 19.6. The Bertz CT molecular complexity index is 713. The van der Waals surface area contributed by atoms with E-state index in [0.29, 0.717) is 36.7 Å². The van der Waals surface area contributed by atoms with Gasteiger partial charge in [-0.25, -0.2) is 0 Å².